The first kappa shape index (κ1) is 25.2. The second-order valence-electron chi connectivity index (χ2n) is 7.94. The number of nitrogens with zero attached hydrogens (tertiary/aromatic N) is 2. The van der Waals surface area contributed by atoms with E-state index in [4.69, 9.17) is 19.2 Å². The van der Waals surface area contributed by atoms with Gasteiger partial charge in [0.05, 0.1) is 32.7 Å². The normalized spacial score (nSPS) is 10.7. The molecule has 0 fully saturated rings. The fourth-order valence-electron chi connectivity index (χ4n) is 3.79. The lowest BCUT2D eigenvalue weighted by Crippen LogP contribution is -2.25. The highest BCUT2D eigenvalue weighted by Crippen LogP contribution is 2.36. The maximum atomic E-state index is 12.5. The van der Waals surface area contributed by atoms with Gasteiger partial charge in [0, 0.05) is 36.0 Å². The first-order valence-corrected chi connectivity index (χ1v) is 12.4. The summed E-state index contributed by atoms with van der Waals surface area (Å²) in [5.41, 5.74) is 4.53. The molecule has 0 aliphatic rings. The van der Waals surface area contributed by atoms with E-state index < -0.39 is 0 Å². The number of thioether (sulfide) groups is 1. The number of carbonyl (C=O) groups excluding carboxylic acids is 1. The van der Waals surface area contributed by atoms with Gasteiger partial charge in [0.15, 0.2) is 5.16 Å². The van der Waals surface area contributed by atoms with Gasteiger partial charge in [-0.25, -0.2) is 4.98 Å². The Bertz CT molecular complexity index is 1300. The number of benzene rings is 3. The summed E-state index contributed by atoms with van der Waals surface area (Å²) >= 11 is 1.60. The van der Waals surface area contributed by atoms with Crippen LogP contribution in [0.25, 0.3) is 22.5 Å². The van der Waals surface area contributed by atoms with E-state index in [0.29, 0.717) is 17.9 Å². The average Bonchev–Trinajstić information content (AvgIpc) is 3.26. The molecule has 1 aromatic heterocycles. The van der Waals surface area contributed by atoms with Crippen LogP contribution in [0.15, 0.2) is 78.0 Å². The van der Waals surface area contributed by atoms with Crippen molar-refractivity contribution in [2.75, 3.05) is 33.6 Å². The molecule has 0 unspecified atom stereocenters. The van der Waals surface area contributed by atoms with E-state index in [-0.39, 0.29) is 5.91 Å². The van der Waals surface area contributed by atoms with Gasteiger partial charge in [-0.1, -0.05) is 11.8 Å². The van der Waals surface area contributed by atoms with Gasteiger partial charge >= 0.3 is 0 Å². The third-order valence-electron chi connectivity index (χ3n) is 5.75. The Hall–Kier alpha value is -3.91. The van der Waals surface area contributed by atoms with E-state index in [1.54, 1.807) is 57.4 Å². The van der Waals surface area contributed by atoms with E-state index >= 15 is 0 Å². The highest BCUT2D eigenvalue weighted by Gasteiger charge is 2.19. The summed E-state index contributed by atoms with van der Waals surface area (Å²) in [5, 5.41) is 3.84. The second-order valence-corrected chi connectivity index (χ2v) is 9.00. The van der Waals surface area contributed by atoms with Gasteiger partial charge in [-0.05, 0) is 72.8 Å². The third kappa shape index (κ3) is 5.66. The number of amides is 1. The van der Waals surface area contributed by atoms with Crippen LogP contribution >= 0.6 is 11.8 Å². The zero-order chi connectivity index (χ0) is 25.5. The Morgan fingerprint density at radius 1 is 0.806 bits per heavy atom. The molecule has 4 rings (SSSR count). The molecule has 186 valence electrons. The van der Waals surface area contributed by atoms with Crippen LogP contribution in [0.1, 0.15) is 10.4 Å². The third-order valence-corrected chi connectivity index (χ3v) is 6.78. The molecule has 0 bridgehead atoms. The molecule has 3 aromatic carbocycles. The lowest BCUT2D eigenvalue weighted by molar-refractivity contribution is 0.0956. The number of aromatic nitrogens is 2. The predicted octanol–water partition coefficient (Wildman–Crippen LogP) is 5.30. The highest BCUT2D eigenvalue weighted by atomic mass is 32.2. The van der Waals surface area contributed by atoms with Crippen molar-refractivity contribution in [1.29, 1.82) is 0 Å². The van der Waals surface area contributed by atoms with Crippen LogP contribution in [-0.2, 0) is 7.05 Å². The molecule has 1 heterocycles. The smallest absolute Gasteiger partial charge is 0.251 e. The van der Waals surface area contributed by atoms with Crippen molar-refractivity contribution in [2.24, 2.45) is 7.05 Å². The Kier molecular flexibility index (Phi) is 8.17. The summed E-state index contributed by atoms with van der Waals surface area (Å²) in [5.74, 6) is 2.88. The maximum Gasteiger partial charge on any atom is 0.251 e. The number of rotatable bonds is 10. The van der Waals surface area contributed by atoms with Crippen molar-refractivity contribution >= 4 is 17.7 Å². The highest BCUT2D eigenvalue weighted by molar-refractivity contribution is 7.99. The number of methoxy groups -OCH3 is 3. The summed E-state index contributed by atoms with van der Waals surface area (Å²) in [6.07, 6.45) is 0. The minimum absolute atomic E-state index is 0.115. The van der Waals surface area contributed by atoms with Gasteiger partial charge < -0.3 is 24.1 Å². The van der Waals surface area contributed by atoms with Crippen molar-refractivity contribution < 1.29 is 19.0 Å². The van der Waals surface area contributed by atoms with E-state index in [1.807, 2.05) is 55.6 Å². The van der Waals surface area contributed by atoms with Crippen LogP contribution < -0.4 is 19.5 Å². The number of nitrogens with one attached hydrogen (secondary N) is 1. The molecule has 0 saturated carbocycles. The molecule has 36 heavy (non-hydrogen) atoms. The van der Waals surface area contributed by atoms with Gasteiger partial charge in [0.1, 0.15) is 17.2 Å². The fourth-order valence-corrected chi connectivity index (χ4v) is 4.62. The zero-order valence-electron chi connectivity index (χ0n) is 20.8. The molecular weight excluding hydrogens is 474 g/mol. The monoisotopic (exact) mass is 503 g/mol. The van der Waals surface area contributed by atoms with Crippen molar-refractivity contribution in [3.8, 4) is 39.8 Å². The average molecular weight is 504 g/mol. The van der Waals surface area contributed by atoms with Crippen LogP contribution in [0.4, 0.5) is 0 Å². The molecule has 0 atom stereocenters. The van der Waals surface area contributed by atoms with Crippen molar-refractivity contribution in [1.82, 2.24) is 14.9 Å². The molecule has 1 N–H and O–H groups in total. The number of imidazole rings is 1. The standard InChI is InChI=1S/C28H29N3O4S/c1-31-26(20-7-13-23(34-3)14-8-20)25(19-5-11-22(33-2)12-6-19)30-28(31)36-18-17-29-27(32)21-9-15-24(35-4)16-10-21/h5-16H,17-18H2,1-4H3,(H,29,32). The SMILES string of the molecule is COc1ccc(C(=O)NCCSc2nc(-c3ccc(OC)cc3)c(-c3ccc(OC)cc3)n2C)cc1. The van der Waals surface area contributed by atoms with E-state index in [0.717, 1.165) is 44.9 Å². The second kappa shape index (κ2) is 11.7. The maximum absolute atomic E-state index is 12.5. The number of ether oxygens (including phenoxy) is 3. The number of carbonyl (C=O) groups is 1. The van der Waals surface area contributed by atoms with Gasteiger partial charge in [-0.15, -0.1) is 0 Å². The van der Waals surface area contributed by atoms with Crippen LogP contribution in [0.5, 0.6) is 17.2 Å². The first-order valence-electron chi connectivity index (χ1n) is 11.4. The number of hydrogen-bond acceptors (Lipinski definition) is 6. The predicted molar refractivity (Wildman–Crippen MR) is 143 cm³/mol. The molecule has 0 aliphatic heterocycles. The van der Waals surface area contributed by atoms with Crippen molar-refractivity contribution in [2.45, 2.75) is 5.16 Å². The lowest BCUT2D eigenvalue weighted by Gasteiger charge is -2.09. The van der Waals surface area contributed by atoms with Crippen LogP contribution in [0.3, 0.4) is 0 Å². The summed E-state index contributed by atoms with van der Waals surface area (Å²) in [6, 6.07) is 22.9. The van der Waals surface area contributed by atoms with E-state index in [9.17, 15) is 4.79 Å². The van der Waals surface area contributed by atoms with Gasteiger partial charge in [0.25, 0.3) is 5.91 Å². The molecule has 0 radical (unpaired) electrons. The molecule has 8 heteroatoms. The molecule has 0 spiro atoms. The van der Waals surface area contributed by atoms with Gasteiger partial charge in [-0.2, -0.15) is 0 Å². The molecule has 7 nitrogen and oxygen atoms in total. The van der Waals surface area contributed by atoms with E-state index in [2.05, 4.69) is 9.88 Å². The zero-order valence-corrected chi connectivity index (χ0v) is 21.6. The van der Waals surface area contributed by atoms with Crippen LogP contribution in [0, 0.1) is 0 Å². The summed E-state index contributed by atoms with van der Waals surface area (Å²) in [7, 11) is 6.92. The fraction of sp³-hybridized carbons (Fsp3) is 0.214. The van der Waals surface area contributed by atoms with Crippen LogP contribution in [-0.4, -0.2) is 49.1 Å². The van der Waals surface area contributed by atoms with Crippen molar-refractivity contribution in [3.05, 3.63) is 78.4 Å². The quantitative estimate of drug-likeness (QED) is 0.234. The molecule has 0 saturated heterocycles. The Balaban J connectivity index is 1.52. The molecular formula is C28H29N3O4S. The Morgan fingerprint density at radius 3 is 1.83 bits per heavy atom. The van der Waals surface area contributed by atoms with Crippen LogP contribution in [0.2, 0.25) is 0 Å². The minimum atomic E-state index is -0.115. The summed E-state index contributed by atoms with van der Waals surface area (Å²) in [6.45, 7) is 0.512. The minimum Gasteiger partial charge on any atom is -0.497 e. The van der Waals surface area contributed by atoms with Gasteiger partial charge in [0.2, 0.25) is 0 Å². The molecule has 0 aliphatic carbocycles. The lowest BCUT2D eigenvalue weighted by atomic mass is 10.0. The first-order chi connectivity index (χ1) is 17.5. The summed E-state index contributed by atoms with van der Waals surface area (Å²) in [4.78, 5) is 17.4. The summed E-state index contributed by atoms with van der Waals surface area (Å²) < 4.78 is 17.9. The van der Waals surface area contributed by atoms with Gasteiger partial charge in [-0.3, -0.25) is 4.79 Å². The number of hydrogen-bond donors (Lipinski definition) is 1. The topological polar surface area (TPSA) is 74.6 Å². The largest absolute Gasteiger partial charge is 0.497 e. The van der Waals surface area contributed by atoms with E-state index in [1.165, 1.54) is 0 Å². The van der Waals surface area contributed by atoms with Crippen molar-refractivity contribution in [3.63, 3.8) is 0 Å². The Labute approximate surface area is 215 Å². The Morgan fingerprint density at radius 2 is 1.31 bits per heavy atom. The molecule has 4 aromatic rings. The molecule has 1 amide bonds.